The maximum atomic E-state index is 13.1. The molecule has 0 saturated heterocycles. The first-order chi connectivity index (χ1) is 17.0. The molecule has 4 rings (SSSR count). The zero-order valence-electron chi connectivity index (χ0n) is 18.5. The van der Waals surface area contributed by atoms with Crippen molar-refractivity contribution in [1.82, 2.24) is 5.43 Å². The van der Waals surface area contributed by atoms with Crippen LogP contribution in [0.3, 0.4) is 0 Å². The number of halogens is 1. The van der Waals surface area contributed by atoms with Crippen molar-refractivity contribution < 1.29 is 19.4 Å². The van der Waals surface area contributed by atoms with Gasteiger partial charge in [0.2, 0.25) is 0 Å². The summed E-state index contributed by atoms with van der Waals surface area (Å²) in [5, 5.41) is 15.4. The number of esters is 1. The lowest BCUT2D eigenvalue weighted by Gasteiger charge is -2.27. The Hall–Kier alpha value is -4.07. The van der Waals surface area contributed by atoms with Crippen LogP contribution in [0.4, 0.5) is 0 Å². The normalized spacial score (nSPS) is 11.3. The lowest BCUT2D eigenvalue weighted by atomic mass is 9.85. The second-order valence-electron chi connectivity index (χ2n) is 7.61. The second kappa shape index (κ2) is 10.9. The highest BCUT2D eigenvalue weighted by Gasteiger charge is 2.39. The van der Waals surface area contributed by atoms with Crippen LogP contribution in [-0.4, -0.2) is 23.2 Å². The molecular formula is C28H21BrN2O4. The topological polar surface area (TPSA) is 88.0 Å². The SMILES string of the molecule is O=C(Oc1ccc(C=NNC(=O)C(O)(c2ccccc2)c2ccccc2)cc1)c1cccc(Br)c1. The minimum Gasteiger partial charge on any atom is -0.423 e. The van der Waals surface area contributed by atoms with Crippen molar-refractivity contribution in [3.8, 4) is 5.75 Å². The molecule has 2 N–H and O–H groups in total. The third-order valence-corrected chi connectivity index (χ3v) is 5.74. The first-order valence-corrected chi connectivity index (χ1v) is 11.5. The third kappa shape index (κ3) is 5.71. The van der Waals surface area contributed by atoms with Gasteiger partial charge in [0.1, 0.15) is 5.75 Å². The zero-order valence-corrected chi connectivity index (χ0v) is 20.1. The van der Waals surface area contributed by atoms with Crippen LogP contribution in [0.5, 0.6) is 5.75 Å². The van der Waals surface area contributed by atoms with Crippen LogP contribution >= 0.6 is 15.9 Å². The molecule has 174 valence electrons. The number of carbonyl (C=O) groups excluding carboxylic acids is 2. The van der Waals surface area contributed by atoms with Crippen LogP contribution in [0.15, 0.2) is 119 Å². The Morgan fingerprint density at radius 1 is 0.829 bits per heavy atom. The Balaban J connectivity index is 1.44. The summed E-state index contributed by atoms with van der Waals surface area (Å²) in [6, 6.07) is 31.0. The first kappa shape index (κ1) is 24.1. The number of rotatable bonds is 7. The van der Waals surface area contributed by atoms with Gasteiger partial charge in [-0.2, -0.15) is 5.10 Å². The molecule has 0 aliphatic carbocycles. The number of hydrazone groups is 1. The highest BCUT2D eigenvalue weighted by molar-refractivity contribution is 9.10. The van der Waals surface area contributed by atoms with E-state index in [1.807, 2.05) is 18.2 Å². The Morgan fingerprint density at radius 2 is 1.43 bits per heavy atom. The summed E-state index contributed by atoms with van der Waals surface area (Å²) >= 11 is 3.33. The fourth-order valence-electron chi connectivity index (χ4n) is 3.44. The standard InChI is InChI=1S/C28H21BrN2O4/c29-24-13-7-8-21(18-24)26(32)35-25-16-14-20(15-17-25)19-30-31-27(33)28(34,22-9-3-1-4-10-22)23-11-5-2-6-12-23/h1-19,34H,(H,31,33). The average molecular weight is 529 g/mol. The highest BCUT2D eigenvalue weighted by atomic mass is 79.9. The molecule has 0 heterocycles. The van der Waals surface area contributed by atoms with Gasteiger partial charge in [-0.1, -0.05) is 82.7 Å². The molecule has 0 radical (unpaired) electrons. The molecule has 0 aliphatic rings. The Labute approximate surface area is 211 Å². The van der Waals surface area contributed by atoms with E-state index < -0.39 is 17.5 Å². The lowest BCUT2D eigenvalue weighted by molar-refractivity contribution is -0.136. The fraction of sp³-hybridized carbons (Fsp3) is 0.0357. The van der Waals surface area contributed by atoms with Gasteiger partial charge in [-0.3, -0.25) is 4.79 Å². The van der Waals surface area contributed by atoms with E-state index >= 15 is 0 Å². The van der Waals surface area contributed by atoms with Crippen LogP contribution in [0.25, 0.3) is 0 Å². The molecule has 0 aromatic heterocycles. The van der Waals surface area contributed by atoms with Gasteiger partial charge in [0.15, 0.2) is 5.60 Å². The molecule has 4 aromatic carbocycles. The number of benzene rings is 4. The van der Waals surface area contributed by atoms with E-state index in [1.54, 1.807) is 91.0 Å². The lowest BCUT2D eigenvalue weighted by Crippen LogP contribution is -2.43. The number of amides is 1. The minimum absolute atomic E-state index is 0.374. The summed E-state index contributed by atoms with van der Waals surface area (Å²) in [7, 11) is 0. The molecule has 6 nitrogen and oxygen atoms in total. The quantitative estimate of drug-likeness (QED) is 0.152. The monoisotopic (exact) mass is 528 g/mol. The summed E-state index contributed by atoms with van der Waals surface area (Å²) in [6.45, 7) is 0. The van der Waals surface area contributed by atoms with Crippen molar-refractivity contribution >= 4 is 34.0 Å². The molecule has 0 bridgehead atoms. The molecule has 0 unspecified atom stereocenters. The van der Waals surface area contributed by atoms with Crippen LogP contribution in [-0.2, 0) is 10.4 Å². The van der Waals surface area contributed by atoms with Crippen LogP contribution in [0.1, 0.15) is 27.0 Å². The molecule has 0 aliphatic heterocycles. The number of nitrogens with zero attached hydrogens (tertiary/aromatic N) is 1. The van der Waals surface area contributed by atoms with Gasteiger partial charge in [-0.05, 0) is 59.2 Å². The maximum Gasteiger partial charge on any atom is 0.343 e. The van der Waals surface area contributed by atoms with E-state index in [1.165, 1.54) is 6.21 Å². The summed E-state index contributed by atoms with van der Waals surface area (Å²) in [6.07, 6.45) is 1.44. The predicted molar refractivity (Wildman–Crippen MR) is 137 cm³/mol. The molecule has 1 amide bonds. The number of carbonyl (C=O) groups is 2. The molecule has 0 spiro atoms. The molecule has 35 heavy (non-hydrogen) atoms. The number of aliphatic hydroxyl groups is 1. The predicted octanol–water partition coefficient (Wildman–Crippen LogP) is 5.05. The number of hydrogen-bond donors (Lipinski definition) is 2. The van der Waals surface area contributed by atoms with Crippen molar-refractivity contribution in [2.75, 3.05) is 0 Å². The fourth-order valence-corrected chi connectivity index (χ4v) is 3.84. The molecule has 0 fully saturated rings. The summed E-state index contributed by atoms with van der Waals surface area (Å²) in [5.74, 6) is -0.787. The van der Waals surface area contributed by atoms with Crippen molar-refractivity contribution in [3.05, 3.63) is 136 Å². The van der Waals surface area contributed by atoms with Gasteiger partial charge in [-0.25, -0.2) is 10.2 Å². The van der Waals surface area contributed by atoms with Crippen molar-refractivity contribution in [2.45, 2.75) is 5.60 Å². The largest absolute Gasteiger partial charge is 0.423 e. The van der Waals surface area contributed by atoms with E-state index in [9.17, 15) is 14.7 Å². The smallest absolute Gasteiger partial charge is 0.343 e. The molecule has 7 heteroatoms. The van der Waals surface area contributed by atoms with E-state index in [0.717, 1.165) is 4.47 Å². The van der Waals surface area contributed by atoms with Gasteiger partial charge < -0.3 is 9.84 Å². The van der Waals surface area contributed by atoms with E-state index in [0.29, 0.717) is 28.0 Å². The van der Waals surface area contributed by atoms with Gasteiger partial charge in [0, 0.05) is 4.47 Å². The average Bonchev–Trinajstić information content (AvgIpc) is 2.90. The van der Waals surface area contributed by atoms with E-state index in [2.05, 4.69) is 26.5 Å². The molecule has 0 saturated carbocycles. The van der Waals surface area contributed by atoms with Crippen molar-refractivity contribution in [2.24, 2.45) is 5.10 Å². The number of ether oxygens (including phenoxy) is 1. The summed E-state index contributed by atoms with van der Waals surface area (Å²) in [4.78, 5) is 25.3. The number of nitrogens with one attached hydrogen (secondary N) is 1. The minimum atomic E-state index is -1.91. The van der Waals surface area contributed by atoms with Gasteiger partial charge in [0.25, 0.3) is 5.91 Å². The second-order valence-corrected chi connectivity index (χ2v) is 8.53. The van der Waals surface area contributed by atoms with Crippen molar-refractivity contribution in [1.29, 1.82) is 0 Å². The maximum absolute atomic E-state index is 13.1. The Kier molecular flexibility index (Phi) is 7.50. The Morgan fingerprint density at radius 3 is 2.00 bits per heavy atom. The molecule has 4 aromatic rings. The number of hydrogen-bond acceptors (Lipinski definition) is 5. The first-order valence-electron chi connectivity index (χ1n) is 10.7. The van der Waals surface area contributed by atoms with Crippen LogP contribution in [0.2, 0.25) is 0 Å². The Bertz CT molecular complexity index is 1300. The molecular weight excluding hydrogens is 508 g/mol. The van der Waals surface area contributed by atoms with Gasteiger partial charge in [-0.15, -0.1) is 0 Å². The van der Waals surface area contributed by atoms with Gasteiger partial charge >= 0.3 is 5.97 Å². The van der Waals surface area contributed by atoms with E-state index in [-0.39, 0.29) is 0 Å². The van der Waals surface area contributed by atoms with Crippen LogP contribution < -0.4 is 10.2 Å². The highest BCUT2D eigenvalue weighted by Crippen LogP contribution is 2.29. The zero-order chi connectivity index (χ0) is 24.7. The van der Waals surface area contributed by atoms with Crippen molar-refractivity contribution in [3.63, 3.8) is 0 Å². The van der Waals surface area contributed by atoms with Gasteiger partial charge in [0.05, 0.1) is 11.8 Å². The van der Waals surface area contributed by atoms with E-state index in [4.69, 9.17) is 4.74 Å². The van der Waals surface area contributed by atoms with Crippen LogP contribution in [0, 0.1) is 0 Å². The molecule has 0 atom stereocenters. The third-order valence-electron chi connectivity index (χ3n) is 5.24. The summed E-state index contributed by atoms with van der Waals surface area (Å²) in [5.41, 5.74) is 2.46. The summed E-state index contributed by atoms with van der Waals surface area (Å²) < 4.78 is 6.17.